The third kappa shape index (κ3) is 3.80. The number of benzene rings is 1. The van der Waals surface area contributed by atoms with Gasteiger partial charge in [-0.25, -0.2) is 4.68 Å². The number of aromatic nitrogens is 4. The van der Waals surface area contributed by atoms with Crippen LogP contribution in [0.15, 0.2) is 53.9 Å². The third-order valence-electron chi connectivity index (χ3n) is 3.27. The molecule has 0 bridgehead atoms. The van der Waals surface area contributed by atoms with Gasteiger partial charge in [-0.15, -0.1) is 10.2 Å². The minimum atomic E-state index is -0.109. The summed E-state index contributed by atoms with van der Waals surface area (Å²) in [6.45, 7) is 2.02. The topological polar surface area (TPSA) is 64.7 Å². The highest BCUT2D eigenvalue weighted by atomic mass is 35.5. The second-order valence-electron chi connectivity index (χ2n) is 4.97. The van der Waals surface area contributed by atoms with Crippen molar-refractivity contribution in [2.75, 3.05) is 11.1 Å². The first-order valence-corrected chi connectivity index (χ1v) is 8.80. The summed E-state index contributed by atoms with van der Waals surface area (Å²) in [7, 11) is 0. The number of hydrogen-bond donors (Lipinski definition) is 1. The van der Waals surface area contributed by atoms with Crippen molar-refractivity contribution in [1.29, 1.82) is 0 Å². The minimum absolute atomic E-state index is 0.109. The van der Waals surface area contributed by atoms with Gasteiger partial charge in [0.1, 0.15) is 0 Å². The van der Waals surface area contributed by atoms with Gasteiger partial charge in [0.15, 0.2) is 5.82 Å². The lowest BCUT2D eigenvalue weighted by molar-refractivity contribution is -0.113. The number of rotatable bonds is 6. The fraction of sp³-hybridized carbons (Fsp3) is 0.188. The monoisotopic (exact) mass is 361 g/mol. The molecule has 1 amide bonds. The van der Waals surface area contributed by atoms with Gasteiger partial charge in [0.05, 0.1) is 5.75 Å². The molecular weight excluding hydrogens is 346 g/mol. The van der Waals surface area contributed by atoms with Crippen molar-refractivity contribution in [1.82, 2.24) is 19.5 Å². The fourth-order valence-corrected chi connectivity index (χ4v) is 3.04. The molecule has 0 fully saturated rings. The Morgan fingerprint density at radius 3 is 2.58 bits per heavy atom. The second-order valence-corrected chi connectivity index (χ2v) is 6.35. The van der Waals surface area contributed by atoms with Crippen LogP contribution in [0.1, 0.15) is 12.7 Å². The fourth-order valence-electron chi connectivity index (χ4n) is 2.16. The van der Waals surface area contributed by atoms with E-state index in [-0.39, 0.29) is 11.7 Å². The zero-order valence-corrected chi connectivity index (χ0v) is 14.6. The smallest absolute Gasteiger partial charge is 0.234 e. The molecule has 0 saturated heterocycles. The van der Waals surface area contributed by atoms with E-state index >= 15 is 0 Å². The Labute approximate surface area is 148 Å². The maximum Gasteiger partial charge on any atom is 0.234 e. The van der Waals surface area contributed by atoms with Gasteiger partial charge >= 0.3 is 0 Å². The van der Waals surface area contributed by atoms with Gasteiger partial charge in [0.25, 0.3) is 0 Å². The van der Waals surface area contributed by atoms with Crippen LogP contribution < -0.4 is 5.32 Å². The summed E-state index contributed by atoms with van der Waals surface area (Å²) in [5, 5.41) is 12.5. The number of thioether (sulfide) groups is 1. The minimum Gasteiger partial charge on any atom is -0.325 e. The highest BCUT2D eigenvalue weighted by Crippen LogP contribution is 2.19. The van der Waals surface area contributed by atoms with E-state index in [2.05, 4.69) is 15.5 Å². The molecule has 1 aromatic carbocycles. The molecule has 3 rings (SSSR count). The standard InChI is InChI=1S/C16H16ClN5OS/c1-2-14-19-20-16(22(14)21-9-3-4-10-21)24-11-15(23)18-13-7-5-12(17)6-8-13/h3-10H,2,11H2,1H3,(H,18,23). The van der Waals surface area contributed by atoms with Crippen molar-refractivity contribution in [2.45, 2.75) is 18.5 Å². The summed E-state index contributed by atoms with van der Waals surface area (Å²) in [6, 6.07) is 10.9. The molecule has 0 spiro atoms. The normalized spacial score (nSPS) is 10.8. The largest absolute Gasteiger partial charge is 0.325 e. The molecule has 1 N–H and O–H groups in total. The number of carbonyl (C=O) groups excluding carboxylic acids is 1. The van der Waals surface area contributed by atoms with Crippen LogP contribution in [0.3, 0.4) is 0 Å². The maximum absolute atomic E-state index is 12.1. The Morgan fingerprint density at radius 1 is 1.21 bits per heavy atom. The average Bonchev–Trinajstić information content (AvgIpc) is 3.23. The van der Waals surface area contributed by atoms with Crippen LogP contribution in [0.5, 0.6) is 0 Å². The van der Waals surface area contributed by atoms with Crippen molar-refractivity contribution >= 4 is 35.0 Å². The Balaban J connectivity index is 1.67. The molecule has 2 aromatic heterocycles. The van der Waals surface area contributed by atoms with Crippen LogP contribution >= 0.6 is 23.4 Å². The number of nitrogens with zero attached hydrogens (tertiary/aromatic N) is 4. The summed E-state index contributed by atoms with van der Waals surface area (Å²) in [6.07, 6.45) is 4.59. The molecule has 2 heterocycles. The van der Waals surface area contributed by atoms with E-state index in [1.165, 1.54) is 11.8 Å². The van der Waals surface area contributed by atoms with E-state index in [9.17, 15) is 4.79 Å². The number of amides is 1. The van der Waals surface area contributed by atoms with Crippen molar-refractivity contribution in [3.8, 4) is 0 Å². The highest BCUT2D eigenvalue weighted by molar-refractivity contribution is 7.99. The molecule has 124 valence electrons. The lowest BCUT2D eigenvalue weighted by Gasteiger charge is -2.10. The number of carbonyl (C=O) groups is 1. The molecule has 0 aliphatic rings. The van der Waals surface area contributed by atoms with Crippen LogP contribution in [-0.2, 0) is 11.2 Å². The first kappa shape index (κ1) is 16.6. The number of anilines is 1. The molecule has 0 atom stereocenters. The Bertz CT molecular complexity index is 814. The molecule has 24 heavy (non-hydrogen) atoms. The number of aryl methyl sites for hydroxylation is 1. The van der Waals surface area contributed by atoms with Gasteiger partial charge in [0.2, 0.25) is 11.1 Å². The summed E-state index contributed by atoms with van der Waals surface area (Å²) in [5.74, 6) is 0.973. The van der Waals surface area contributed by atoms with Crippen LogP contribution in [0, 0.1) is 0 Å². The van der Waals surface area contributed by atoms with E-state index in [1.54, 1.807) is 24.3 Å². The second kappa shape index (κ2) is 7.55. The zero-order chi connectivity index (χ0) is 16.9. The van der Waals surface area contributed by atoms with E-state index in [1.807, 2.05) is 40.8 Å². The summed E-state index contributed by atoms with van der Waals surface area (Å²) >= 11 is 7.18. The first-order valence-electron chi connectivity index (χ1n) is 7.43. The Morgan fingerprint density at radius 2 is 1.92 bits per heavy atom. The van der Waals surface area contributed by atoms with Crippen molar-refractivity contribution in [2.24, 2.45) is 0 Å². The zero-order valence-electron chi connectivity index (χ0n) is 13.0. The Kier molecular flexibility index (Phi) is 5.22. The van der Waals surface area contributed by atoms with Gasteiger partial charge in [-0.2, -0.15) is 0 Å². The summed E-state index contributed by atoms with van der Waals surface area (Å²) in [4.78, 5) is 12.1. The summed E-state index contributed by atoms with van der Waals surface area (Å²) < 4.78 is 3.80. The lowest BCUT2D eigenvalue weighted by Crippen LogP contribution is -2.16. The van der Waals surface area contributed by atoms with E-state index < -0.39 is 0 Å². The molecule has 8 heteroatoms. The maximum atomic E-state index is 12.1. The van der Waals surface area contributed by atoms with E-state index in [4.69, 9.17) is 11.6 Å². The van der Waals surface area contributed by atoms with E-state index in [0.717, 1.165) is 12.2 Å². The van der Waals surface area contributed by atoms with Crippen LogP contribution in [0.25, 0.3) is 0 Å². The van der Waals surface area contributed by atoms with Crippen LogP contribution in [0.2, 0.25) is 5.02 Å². The van der Waals surface area contributed by atoms with E-state index in [0.29, 0.717) is 15.9 Å². The number of nitrogens with one attached hydrogen (secondary N) is 1. The SMILES string of the molecule is CCc1nnc(SCC(=O)Nc2ccc(Cl)cc2)n1-n1cccc1. The first-order chi connectivity index (χ1) is 11.7. The molecule has 0 unspecified atom stereocenters. The molecule has 3 aromatic rings. The van der Waals surface area contributed by atoms with Gasteiger partial charge < -0.3 is 5.32 Å². The molecule has 0 aliphatic carbocycles. The number of hydrogen-bond acceptors (Lipinski definition) is 4. The average molecular weight is 362 g/mol. The molecule has 0 aliphatic heterocycles. The molecular formula is C16H16ClN5OS. The highest BCUT2D eigenvalue weighted by Gasteiger charge is 2.14. The predicted molar refractivity (Wildman–Crippen MR) is 95.4 cm³/mol. The van der Waals surface area contributed by atoms with Gasteiger partial charge in [-0.3, -0.25) is 9.47 Å². The molecule has 6 nitrogen and oxygen atoms in total. The van der Waals surface area contributed by atoms with Crippen molar-refractivity contribution in [3.63, 3.8) is 0 Å². The quantitative estimate of drug-likeness (QED) is 0.684. The summed E-state index contributed by atoms with van der Waals surface area (Å²) in [5.41, 5.74) is 0.714. The predicted octanol–water partition coefficient (Wildman–Crippen LogP) is 3.34. The van der Waals surface area contributed by atoms with Crippen molar-refractivity contribution in [3.05, 3.63) is 59.6 Å². The molecule has 0 radical (unpaired) electrons. The van der Waals surface area contributed by atoms with Crippen LogP contribution in [0.4, 0.5) is 5.69 Å². The number of halogens is 1. The van der Waals surface area contributed by atoms with Gasteiger partial charge in [-0.1, -0.05) is 30.3 Å². The van der Waals surface area contributed by atoms with Crippen molar-refractivity contribution < 1.29 is 4.79 Å². The van der Waals surface area contributed by atoms with Gasteiger partial charge in [0, 0.05) is 29.5 Å². The van der Waals surface area contributed by atoms with Gasteiger partial charge in [-0.05, 0) is 36.4 Å². The molecule has 0 saturated carbocycles. The Hall–Kier alpha value is -2.25. The lowest BCUT2D eigenvalue weighted by atomic mass is 10.3. The third-order valence-corrected chi connectivity index (χ3v) is 4.44. The van der Waals surface area contributed by atoms with Crippen LogP contribution in [-0.4, -0.2) is 31.2 Å².